The first-order valence-electron chi connectivity index (χ1n) is 9.72. The Kier molecular flexibility index (Phi) is 4.19. The third-order valence-electron chi connectivity index (χ3n) is 6.07. The average Bonchev–Trinajstić information content (AvgIpc) is 3.16. The Hall–Kier alpha value is -2.34. The lowest BCUT2D eigenvalue weighted by Crippen LogP contribution is -2.59. The number of nitrogens with zero attached hydrogens (tertiary/aromatic N) is 3. The van der Waals surface area contributed by atoms with Crippen LogP contribution < -0.4 is 4.74 Å². The Morgan fingerprint density at radius 3 is 2.57 bits per heavy atom. The van der Waals surface area contributed by atoms with Gasteiger partial charge >= 0.3 is 0 Å². The van der Waals surface area contributed by atoms with Crippen LogP contribution in [0.25, 0.3) is 0 Å². The molecule has 1 spiro atoms. The minimum atomic E-state index is -0.484. The van der Waals surface area contributed by atoms with Crippen LogP contribution >= 0.6 is 15.9 Å². The Balaban J connectivity index is 1.53. The van der Waals surface area contributed by atoms with Crippen LogP contribution in [-0.2, 0) is 4.79 Å². The molecular weight excluding hydrogens is 418 g/mol. The lowest BCUT2D eigenvalue weighted by Gasteiger charge is -2.51. The highest BCUT2D eigenvalue weighted by atomic mass is 79.9. The van der Waals surface area contributed by atoms with Gasteiger partial charge in [0.05, 0.1) is 11.8 Å². The number of amides is 1. The summed E-state index contributed by atoms with van der Waals surface area (Å²) < 4.78 is 7.64. The molecule has 1 atom stereocenters. The summed E-state index contributed by atoms with van der Waals surface area (Å²) in [6, 6.07) is 16.8. The number of carbonyl (C=O) groups excluding carboxylic acids is 1. The van der Waals surface area contributed by atoms with E-state index >= 15 is 0 Å². The van der Waals surface area contributed by atoms with Gasteiger partial charge < -0.3 is 9.64 Å². The van der Waals surface area contributed by atoms with Gasteiger partial charge in [-0.25, -0.2) is 5.01 Å². The molecule has 0 N–H and O–H groups in total. The van der Waals surface area contributed by atoms with E-state index in [1.807, 2.05) is 11.0 Å². The Labute approximate surface area is 173 Å². The topological polar surface area (TPSA) is 45.1 Å². The van der Waals surface area contributed by atoms with Crippen molar-refractivity contribution in [2.75, 3.05) is 13.1 Å². The first-order chi connectivity index (χ1) is 13.6. The summed E-state index contributed by atoms with van der Waals surface area (Å²) in [5, 5.41) is 7.25. The van der Waals surface area contributed by atoms with Crippen molar-refractivity contribution in [3.05, 3.63) is 64.1 Å². The fourth-order valence-corrected chi connectivity index (χ4v) is 4.81. The van der Waals surface area contributed by atoms with Crippen molar-refractivity contribution in [1.29, 1.82) is 0 Å². The fourth-order valence-electron chi connectivity index (χ4n) is 4.55. The molecule has 144 valence electrons. The summed E-state index contributed by atoms with van der Waals surface area (Å²) in [4.78, 5) is 13.7. The van der Waals surface area contributed by atoms with E-state index < -0.39 is 5.72 Å². The van der Waals surface area contributed by atoms with Gasteiger partial charge in [0.25, 0.3) is 0 Å². The lowest BCUT2D eigenvalue weighted by molar-refractivity contribution is -0.158. The minimum absolute atomic E-state index is 0.128. The van der Waals surface area contributed by atoms with E-state index in [9.17, 15) is 4.79 Å². The van der Waals surface area contributed by atoms with Gasteiger partial charge in [-0.2, -0.15) is 5.10 Å². The van der Waals surface area contributed by atoms with Crippen molar-refractivity contribution in [2.24, 2.45) is 5.10 Å². The second-order valence-corrected chi connectivity index (χ2v) is 8.63. The highest BCUT2D eigenvalue weighted by Crippen LogP contribution is 2.49. The van der Waals surface area contributed by atoms with E-state index in [0.717, 1.165) is 40.8 Å². The number of hydrazone groups is 1. The molecule has 1 amide bonds. The number of halogens is 1. The van der Waals surface area contributed by atoms with Gasteiger partial charge in [-0.1, -0.05) is 46.3 Å². The summed E-state index contributed by atoms with van der Waals surface area (Å²) in [6.45, 7) is 3.03. The molecule has 3 heterocycles. The number of rotatable bonds is 1. The smallest absolute Gasteiger partial charge is 0.219 e. The SMILES string of the molecule is CC(=O)N1CCC2(CC1)Oc1ccccc1C1CC(c3ccc(Br)cc3)=NN12. The average molecular weight is 440 g/mol. The molecule has 3 aliphatic rings. The molecule has 0 bridgehead atoms. The molecule has 1 unspecified atom stereocenters. The zero-order valence-electron chi connectivity index (χ0n) is 15.8. The lowest BCUT2D eigenvalue weighted by atomic mass is 9.90. The van der Waals surface area contributed by atoms with E-state index in [0.29, 0.717) is 13.1 Å². The minimum Gasteiger partial charge on any atom is -0.466 e. The molecule has 1 fully saturated rings. The van der Waals surface area contributed by atoms with E-state index in [2.05, 4.69) is 63.4 Å². The van der Waals surface area contributed by atoms with Crippen molar-refractivity contribution < 1.29 is 9.53 Å². The van der Waals surface area contributed by atoms with Crippen LogP contribution in [0.4, 0.5) is 0 Å². The van der Waals surface area contributed by atoms with Gasteiger partial charge in [0, 0.05) is 49.3 Å². The number of para-hydroxylation sites is 1. The van der Waals surface area contributed by atoms with Crippen LogP contribution in [0.15, 0.2) is 58.1 Å². The molecule has 0 aromatic heterocycles. The van der Waals surface area contributed by atoms with Gasteiger partial charge in [-0.05, 0) is 23.8 Å². The normalized spacial score (nSPS) is 22.4. The van der Waals surface area contributed by atoms with Crippen LogP contribution in [0, 0.1) is 0 Å². The largest absolute Gasteiger partial charge is 0.466 e. The van der Waals surface area contributed by atoms with Gasteiger partial charge in [0.1, 0.15) is 5.75 Å². The van der Waals surface area contributed by atoms with Gasteiger partial charge in [0.15, 0.2) is 0 Å². The maximum Gasteiger partial charge on any atom is 0.219 e. The highest BCUT2D eigenvalue weighted by Gasteiger charge is 2.51. The second kappa shape index (κ2) is 6.62. The number of carbonyl (C=O) groups is 1. The number of piperidine rings is 1. The summed E-state index contributed by atoms with van der Waals surface area (Å²) in [7, 11) is 0. The Morgan fingerprint density at radius 2 is 1.86 bits per heavy atom. The maximum absolute atomic E-state index is 11.8. The molecule has 0 radical (unpaired) electrons. The zero-order valence-corrected chi connectivity index (χ0v) is 17.4. The third kappa shape index (κ3) is 2.82. The summed E-state index contributed by atoms with van der Waals surface area (Å²) in [5.41, 5.74) is 2.94. The predicted molar refractivity (Wildman–Crippen MR) is 111 cm³/mol. The van der Waals surface area contributed by atoms with E-state index in [1.54, 1.807) is 6.92 Å². The van der Waals surface area contributed by atoms with Gasteiger partial charge in [-0.3, -0.25) is 4.79 Å². The number of likely N-dealkylation sites (tertiary alicyclic amines) is 1. The number of fused-ring (bicyclic) bond motifs is 4. The summed E-state index contributed by atoms with van der Waals surface area (Å²) in [6.07, 6.45) is 2.38. The molecule has 2 aromatic rings. The predicted octanol–water partition coefficient (Wildman–Crippen LogP) is 4.33. The number of hydrogen-bond acceptors (Lipinski definition) is 4. The molecule has 2 aromatic carbocycles. The van der Waals surface area contributed by atoms with Crippen LogP contribution in [0.3, 0.4) is 0 Å². The van der Waals surface area contributed by atoms with Crippen LogP contribution in [0.2, 0.25) is 0 Å². The Bertz CT molecular complexity index is 949. The summed E-state index contributed by atoms with van der Waals surface area (Å²) in [5.74, 6) is 1.08. The van der Waals surface area contributed by atoms with Crippen molar-refractivity contribution >= 4 is 27.5 Å². The number of hydrogen-bond donors (Lipinski definition) is 0. The fraction of sp³-hybridized carbons (Fsp3) is 0.364. The van der Waals surface area contributed by atoms with Crippen LogP contribution in [0.5, 0.6) is 5.75 Å². The molecule has 5 nitrogen and oxygen atoms in total. The second-order valence-electron chi connectivity index (χ2n) is 7.71. The standard InChI is InChI=1S/C22H22BrN3O2/c1-15(27)25-12-10-22(11-13-25)26-20(18-4-2-3-5-21(18)28-22)14-19(24-26)16-6-8-17(23)9-7-16/h2-9,20H,10-14H2,1H3. The van der Waals surface area contributed by atoms with E-state index in [4.69, 9.17) is 9.84 Å². The molecule has 28 heavy (non-hydrogen) atoms. The first kappa shape index (κ1) is 17.7. The van der Waals surface area contributed by atoms with Crippen molar-refractivity contribution in [2.45, 2.75) is 38.0 Å². The van der Waals surface area contributed by atoms with E-state index in [1.165, 1.54) is 5.56 Å². The molecule has 5 rings (SSSR count). The molecule has 6 heteroatoms. The highest BCUT2D eigenvalue weighted by molar-refractivity contribution is 9.10. The summed E-state index contributed by atoms with van der Waals surface area (Å²) >= 11 is 3.51. The molecule has 0 aliphatic carbocycles. The molecule has 1 saturated heterocycles. The quantitative estimate of drug-likeness (QED) is 0.663. The molecule has 0 saturated carbocycles. The molecule has 3 aliphatic heterocycles. The van der Waals surface area contributed by atoms with Crippen LogP contribution in [-0.4, -0.2) is 40.3 Å². The third-order valence-corrected chi connectivity index (χ3v) is 6.60. The number of benzene rings is 2. The van der Waals surface area contributed by atoms with E-state index in [-0.39, 0.29) is 11.9 Å². The zero-order chi connectivity index (χ0) is 19.3. The number of ether oxygens (including phenoxy) is 1. The first-order valence-corrected chi connectivity index (χ1v) is 10.5. The maximum atomic E-state index is 11.8. The monoisotopic (exact) mass is 439 g/mol. The molecular formula is C22H22BrN3O2. The van der Waals surface area contributed by atoms with Crippen molar-refractivity contribution in [3.63, 3.8) is 0 Å². The van der Waals surface area contributed by atoms with Crippen molar-refractivity contribution in [1.82, 2.24) is 9.91 Å². The van der Waals surface area contributed by atoms with Crippen molar-refractivity contribution in [3.8, 4) is 5.75 Å². The van der Waals surface area contributed by atoms with Gasteiger partial charge in [-0.15, -0.1) is 0 Å². The van der Waals surface area contributed by atoms with Crippen LogP contribution in [0.1, 0.15) is 43.4 Å². The van der Waals surface area contributed by atoms with Gasteiger partial charge in [0.2, 0.25) is 11.6 Å². The Morgan fingerprint density at radius 1 is 1.14 bits per heavy atom.